The van der Waals surface area contributed by atoms with Crippen molar-refractivity contribution in [1.82, 2.24) is 9.55 Å². The maximum absolute atomic E-state index is 13.9. The highest BCUT2D eigenvalue weighted by molar-refractivity contribution is 5.71. The molecule has 0 saturated carbocycles. The predicted octanol–water partition coefficient (Wildman–Crippen LogP) is 3.77. The van der Waals surface area contributed by atoms with Crippen LogP contribution in [0.3, 0.4) is 0 Å². The number of hydrogen-bond acceptors (Lipinski definition) is 2. The van der Waals surface area contributed by atoms with E-state index < -0.39 is 11.6 Å². The Morgan fingerprint density at radius 3 is 2.60 bits per heavy atom. The summed E-state index contributed by atoms with van der Waals surface area (Å²) in [6.07, 6.45) is 2.75. The maximum atomic E-state index is 13.9. The first kappa shape index (κ1) is 14.5. The van der Waals surface area contributed by atoms with Crippen molar-refractivity contribution in [3.05, 3.63) is 35.7 Å². The summed E-state index contributed by atoms with van der Waals surface area (Å²) in [6.45, 7) is 4.84. The van der Waals surface area contributed by atoms with Crippen LogP contribution >= 0.6 is 0 Å². The number of nitrogen functional groups attached to an aromatic ring is 1. The zero-order valence-corrected chi connectivity index (χ0v) is 11.8. The van der Waals surface area contributed by atoms with Gasteiger partial charge in [0.15, 0.2) is 0 Å². The number of benzene rings is 1. The molecule has 0 aliphatic rings. The highest BCUT2D eigenvalue weighted by atomic mass is 19.1. The van der Waals surface area contributed by atoms with Gasteiger partial charge in [-0.2, -0.15) is 0 Å². The molecule has 1 aromatic heterocycles. The average molecular weight is 279 g/mol. The minimum absolute atomic E-state index is 0.244. The molecule has 0 radical (unpaired) electrons. The van der Waals surface area contributed by atoms with Gasteiger partial charge in [-0.25, -0.2) is 13.8 Å². The lowest BCUT2D eigenvalue weighted by Crippen LogP contribution is -2.06. The van der Waals surface area contributed by atoms with Crippen LogP contribution in [0, 0.1) is 11.6 Å². The van der Waals surface area contributed by atoms with Gasteiger partial charge in [0.2, 0.25) is 0 Å². The van der Waals surface area contributed by atoms with Crippen LogP contribution in [0.15, 0.2) is 18.2 Å². The molecule has 5 heteroatoms. The van der Waals surface area contributed by atoms with Crippen molar-refractivity contribution in [2.75, 3.05) is 5.73 Å². The Bertz CT molecular complexity index is 605. The normalized spacial score (nSPS) is 11.0. The van der Waals surface area contributed by atoms with Crippen LogP contribution in [0.1, 0.15) is 32.5 Å². The van der Waals surface area contributed by atoms with E-state index in [1.165, 1.54) is 12.1 Å². The molecule has 0 aliphatic carbocycles. The van der Waals surface area contributed by atoms with Crippen molar-refractivity contribution in [1.29, 1.82) is 0 Å². The molecule has 0 spiro atoms. The highest BCUT2D eigenvalue weighted by Crippen LogP contribution is 2.29. The number of aromatic nitrogens is 2. The number of imidazole rings is 1. The predicted molar refractivity (Wildman–Crippen MR) is 76.3 cm³/mol. The van der Waals surface area contributed by atoms with Crippen molar-refractivity contribution >= 4 is 5.82 Å². The molecule has 1 heterocycles. The van der Waals surface area contributed by atoms with Gasteiger partial charge in [0.05, 0.1) is 0 Å². The molecule has 108 valence electrons. The number of nitrogens with two attached hydrogens (primary N) is 1. The maximum Gasteiger partial charge on any atom is 0.135 e. The summed E-state index contributed by atoms with van der Waals surface area (Å²) in [7, 11) is 0. The van der Waals surface area contributed by atoms with Crippen molar-refractivity contribution < 1.29 is 8.78 Å². The lowest BCUT2D eigenvalue weighted by atomic mass is 10.1. The van der Waals surface area contributed by atoms with Crippen LogP contribution < -0.4 is 5.73 Å². The van der Waals surface area contributed by atoms with E-state index >= 15 is 0 Å². The van der Waals surface area contributed by atoms with Crippen molar-refractivity contribution in [3.63, 3.8) is 0 Å². The van der Waals surface area contributed by atoms with Crippen molar-refractivity contribution in [3.8, 4) is 11.3 Å². The first-order valence-corrected chi connectivity index (χ1v) is 6.88. The van der Waals surface area contributed by atoms with E-state index in [0.717, 1.165) is 37.7 Å². The molecule has 0 amide bonds. The lowest BCUT2D eigenvalue weighted by molar-refractivity contribution is 0.585. The van der Waals surface area contributed by atoms with Crippen LogP contribution in [0.4, 0.5) is 14.6 Å². The van der Waals surface area contributed by atoms with E-state index in [9.17, 15) is 8.78 Å². The molecule has 1 aromatic carbocycles. The number of anilines is 1. The highest BCUT2D eigenvalue weighted by Gasteiger charge is 2.17. The van der Waals surface area contributed by atoms with Gasteiger partial charge < -0.3 is 10.3 Å². The summed E-state index contributed by atoms with van der Waals surface area (Å²) in [5.41, 5.74) is 6.74. The smallest absolute Gasteiger partial charge is 0.135 e. The molecular weight excluding hydrogens is 260 g/mol. The molecule has 0 unspecified atom stereocenters. The van der Waals surface area contributed by atoms with Gasteiger partial charge in [0.25, 0.3) is 0 Å². The average Bonchev–Trinajstić information content (AvgIpc) is 2.73. The first-order chi connectivity index (χ1) is 9.58. The fraction of sp³-hybridized carbons (Fsp3) is 0.400. The number of halogens is 2. The summed E-state index contributed by atoms with van der Waals surface area (Å²) in [6, 6.07) is 3.45. The minimum Gasteiger partial charge on any atom is -0.383 e. The van der Waals surface area contributed by atoms with E-state index in [0.29, 0.717) is 11.5 Å². The Morgan fingerprint density at radius 2 is 2.00 bits per heavy atom. The molecular formula is C15H19F2N3. The molecule has 0 fully saturated rings. The van der Waals surface area contributed by atoms with Gasteiger partial charge in [-0.05, 0) is 18.6 Å². The van der Waals surface area contributed by atoms with Gasteiger partial charge >= 0.3 is 0 Å². The Kier molecular flexibility index (Phi) is 4.37. The zero-order chi connectivity index (χ0) is 14.7. The third-order valence-corrected chi connectivity index (χ3v) is 3.32. The molecule has 20 heavy (non-hydrogen) atoms. The van der Waals surface area contributed by atoms with Gasteiger partial charge in [0.1, 0.15) is 29.0 Å². The fourth-order valence-corrected chi connectivity index (χ4v) is 2.23. The van der Waals surface area contributed by atoms with E-state index in [1.807, 2.05) is 11.5 Å². The van der Waals surface area contributed by atoms with Gasteiger partial charge in [-0.1, -0.05) is 20.3 Å². The van der Waals surface area contributed by atoms with Crippen LogP contribution in [0.5, 0.6) is 0 Å². The second kappa shape index (κ2) is 6.03. The quantitative estimate of drug-likeness (QED) is 0.905. The number of unbranched alkanes of at least 4 members (excludes halogenated alkanes) is 1. The number of hydrogen-bond donors (Lipinski definition) is 1. The SMILES string of the molecule is CCCCn1c(CC)nc(-c2ccc(F)cc2F)c1N. The fourth-order valence-electron chi connectivity index (χ4n) is 2.23. The van der Waals surface area contributed by atoms with Crippen LogP contribution in [-0.4, -0.2) is 9.55 Å². The second-order valence-electron chi connectivity index (χ2n) is 4.74. The number of nitrogens with zero attached hydrogens (tertiary/aromatic N) is 2. The number of rotatable bonds is 5. The summed E-state index contributed by atoms with van der Waals surface area (Å²) in [5.74, 6) is 0.0286. The van der Waals surface area contributed by atoms with Crippen molar-refractivity contribution in [2.24, 2.45) is 0 Å². The Morgan fingerprint density at radius 1 is 1.25 bits per heavy atom. The lowest BCUT2D eigenvalue weighted by Gasteiger charge is -2.08. The second-order valence-corrected chi connectivity index (χ2v) is 4.74. The molecule has 0 bridgehead atoms. The standard InChI is InChI=1S/C15H19F2N3/c1-3-5-8-20-13(4-2)19-14(15(20)18)11-7-6-10(16)9-12(11)17/h6-7,9H,3-5,8,18H2,1-2H3. The molecule has 0 atom stereocenters. The van der Waals surface area contributed by atoms with E-state index in [2.05, 4.69) is 11.9 Å². The monoisotopic (exact) mass is 279 g/mol. The summed E-state index contributed by atoms with van der Waals surface area (Å²) >= 11 is 0. The first-order valence-electron chi connectivity index (χ1n) is 6.88. The van der Waals surface area contributed by atoms with Gasteiger partial charge in [-0.3, -0.25) is 0 Å². The van der Waals surface area contributed by atoms with Crippen LogP contribution in [-0.2, 0) is 13.0 Å². The molecule has 2 aromatic rings. The molecule has 0 aliphatic heterocycles. The van der Waals surface area contributed by atoms with Crippen molar-refractivity contribution in [2.45, 2.75) is 39.7 Å². The van der Waals surface area contributed by atoms with E-state index in [-0.39, 0.29) is 5.56 Å². The minimum atomic E-state index is -0.639. The third kappa shape index (κ3) is 2.66. The summed E-state index contributed by atoms with van der Waals surface area (Å²) < 4.78 is 28.8. The largest absolute Gasteiger partial charge is 0.383 e. The zero-order valence-electron chi connectivity index (χ0n) is 11.8. The molecule has 3 nitrogen and oxygen atoms in total. The number of aryl methyl sites for hydroxylation is 1. The van der Waals surface area contributed by atoms with Crippen LogP contribution in [0.2, 0.25) is 0 Å². The van der Waals surface area contributed by atoms with Crippen LogP contribution in [0.25, 0.3) is 11.3 Å². The molecule has 2 N–H and O–H groups in total. The molecule has 2 rings (SSSR count). The Labute approximate surface area is 117 Å². The Balaban J connectivity index is 2.49. The van der Waals surface area contributed by atoms with E-state index in [1.54, 1.807) is 0 Å². The third-order valence-electron chi connectivity index (χ3n) is 3.32. The molecule has 0 saturated heterocycles. The van der Waals surface area contributed by atoms with Gasteiger partial charge in [0, 0.05) is 24.6 Å². The van der Waals surface area contributed by atoms with E-state index in [4.69, 9.17) is 5.73 Å². The van der Waals surface area contributed by atoms with Gasteiger partial charge in [-0.15, -0.1) is 0 Å². The summed E-state index contributed by atoms with van der Waals surface area (Å²) in [5, 5.41) is 0. The topological polar surface area (TPSA) is 43.8 Å². The Hall–Kier alpha value is -1.91. The summed E-state index contributed by atoms with van der Waals surface area (Å²) in [4.78, 5) is 4.42.